The molecule has 3 rings (SSSR count). The van der Waals surface area contributed by atoms with Crippen LogP contribution in [0, 0.1) is 0 Å². The zero-order chi connectivity index (χ0) is 19.4. The minimum Gasteiger partial charge on any atom is -0.324 e. The van der Waals surface area contributed by atoms with Crippen LogP contribution in [-0.2, 0) is 19.4 Å². The zero-order valence-electron chi connectivity index (χ0n) is 14.6. The Morgan fingerprint density at radius 3 is 2.81 bits per heavy atom. The molecule has 0 bridgehead atoms. The van der Waals surface area contributed by atoms with Crippen molar-refractivity contribution in [3.8, 4) is 0 Å². The number of benzene rings is 1. The second kappa shape index (κ2) is 8.10. The molecule has 1 aliphatic rings. The van der Waals surface area contributed by atoms with Crippen molar-refractivity contribution in [2.75, 3.05) is 16.4 Å². The molecule has 0 unspecified atom stereocenters. The van der Waals surface area contributed by atoms with Gasteiger partial charge in [-0.1, -0.05) is 13.0 Å². The lowest BCUT2D eigenvalue weighted by molar-refractivity contribution is -0.116. The first-order valence-corrected chi connectivity index (χ1v) is 11.0. The van der Waals surface area contributed by atoms with Crippen molar-refractivity contribution in [2.24, 2.45) is 0 Å². The molecule has 7 nitrogen and oxygen atoms in total. The van der Waals surface area contributed by atoms with E-state index in [2.05, 4.69) is 15.6 Å². The highest BCUT2D eigenvalue weighted by molar-refractivity contribution is 8.01. The summed E-state index contributed by atoms with van der Waals surface area (Å²) in [6, 6.07) is 9.74. The molecule has 1 atom stereocenters. The predicted molar refractivity (Wildman–Crippen MR) is 105 cm³/mol. The molecule has 2 heterocycles. The van der Waals surface area contributed by atoms with E-state index in [1.807, 2.05) is 6.92 Å². The highest BCUT2D eigenvalue weighted by atomic mass is 32.2. The number of anilines is 2. The summed E-state index contributed by atoms with van der Waals surface area (Å²) in [4.78, 5) is 28.8. The summed E-state index contributed by atoms with van der Waals surface area (Å²) in [6.45, 7) is 1.93. The van der Waals surface area contributed by atoms with E-state index < -0.39 is 15.7 Å². The molecule has 2 N–H and O–H groups in total. The van der Waals surface area contributed by atoms with Gasteiger partial charge < -0.3 is 10.6 Å². The molecular weight excluding hydrogens is 386 g/mol. The molecule has 1 aliphatic heterocycles. The maximum atomic E-state index is 12.6. The van der Waals surface area contributed by atoms with E-state index in [-0.39, 0.29) is 28.2 Å². The first-order valence-electron chi connectivity index (χ1n) is 8.44. The van der Waals surface area contributed by atoms with Gasteiger partial charge in [-0.15, -0.1) is 11.8 Å². The topological polar surface area (TPSA) is 105 Å². The van der Waals surface area contributed by atoms with E-state index in [9.17, 15) is 18.0 Å². The molecule has 1 aromatic carbocycles. The van der Waals surface area contributed by atoms with Crippen LogP contribution in [0.1, 0.15) is 19.8 Å². The number of thioether (sulfide) groups is 1. The highest BCUT2D eigenvalue weighted by Gasteiger charge is 2.27. The molecule has 27 heavy (non-hydrogen) atoms. The van der Waals surface area contributed by atoms with Gasteiger partial charge in [0, 0.05) is 17.5 Å². The van der Waals surface area contributed by atoms with Crippen molar-refractivity contribution < 1.29 is 18.0 Å². The molecule has 2 aromatic rings. The molecule has 1 aromatic heterocycles. The molecule has 142 valence electrons. The maximum Gasteiger partial charge on any atom is 0.237 e. The molecule has 0 aliphatic carbocycles. The van der Waals surface area contributed by atoms with Gasteiger partial charge in [0.15, 0.2) is 9.84 Å². The van der Waals surface area contributed by atoms with E-state index in [0.29, 0.717) is 17.9 Å². The van der Waals surface area contributed by atoms with Crippen LogP contribution in [0.25, 0.3) is 0 Å². The number of pyridine rings is 1. The third-order valence-electron chi connectivity index (χ3n) is 4.03. The minimum atomic E-state index is -3.66. The average molecular weight is 406 g/mol. The first kappa shape index (κ1) is 19.4. The van der Waals surface area contributed by atoms with Gasteiger partial charge in [0.1, 0.15) is 5.82 Å². The number of amides is 2. The number of nitrogens with zero attached hydrogens (tertiary/aromatic N) is 1. The minimum absolute atomic E-state index is 0.0859. The Hall–Kier alpha value is -2.39. The Kier molecular flexibility index (Phi) is 5.81. The molecule has 2 amide bonds. The van der Waals surface area contributed by atoms with Crippen molar-refractivity contribution in [3.05, 3.63) is 42.6 Å². The van der Waals surface area contributed by atoms with Crippen LogP contribution in [-0.4, -0.2) is 36.2 Å². The molecule has 0 saturated carbocycles. The summed E-state index contributed by atoms with van der Waals surface area (Å²) in [6.07, 6.45) is 2.05. The van der Waals surface area contributed by atoms with E-state index >= 15 is 0 Å². The lowest BCUT2D eigenvalue weighted by Gasteiger charge is -2.23. The fraction of sp³-hybridized carbons (Fsp3) is 0.278. The zero-order valence-corrected chi connectivity index (χ0v) is 16.3. The van der Waals surface area contributed by atoms with Gasteiger partial charge >= 0.3 is 0 Å². The summed E-state index contributed by atoms with van der Waals surface area (Å²) in [7, 11) is -3.66. The van der Waals surface area contributed by atoms with Crippen molar-refractivity contribution >= 4 is 44.9 Å². The summed E-state index contributed by atoms with van der Waals surface area (Å²) in [5.74, 6) is -0.508. The number of aromatic nitrogens is 1. The number of sulfone groups is 1. The Balaban J connectivity index is 1.68. The predicted octanol–water partition coefficient (Wildman–Crippen LogP) is 2.71. The van der Waals surface area contributed by atoms with Gasteiger partial charge in [-0.05, 0) is 36.8 Å². The number of nitrogens with one attached hydrogen (secondary N) is 2. The number of hydrogen-bond acceptors (Lipinski definition) is 6. The monoisotopic (exact) mass is 405 g/mol. The summed E-state index contributed by atoms with van der Waals surface area (Å²) in [5.41, 5.74) is 0.494. The SMILES string of the molecule is CC[C@H]1Sc2ccc(S(=O)(=O)CCC(=O)Nc3ccccn3)cc2NC1=O. The number of fused-ring (bicyclic) bond motifs is 1. The van der Waals surface area contributed by atoms with Crippen LogP contribution < -0.4 is 10.6 Å². The Morgan fingerprint density at radius 1 is 1.30 bits per heavy atom. The first-order chi connectivity index (χ1) is 12.9. The highest BCUT2D eigenvalue weighted by Crippen LogP contribution is 2.38. The normalized spacial score (nSPS) is 16.3. The lowest BCUT2D eigenvalue weighted by atomic mass is 10.2. The van der Waals surface area contributed by atoms with E-state index in [4.69, 9.17) is 0 Å². The van der Waals surface area contributed by atoms with Gasteiger partial charge in [0.2, 0.25) is 11.8 Å². The lowest BCUT2D eigenvalue weighted by Crippen LogP contribution is -2.28. The molecular formula is C18H19N3O4S2. The van der Waals surface area contributed by atoms with Crippen LogP contribution >= 0.6 is 11.8 Å². The fourth-order valence-electron chi connectivity index (χ4n) is 2.58. The number of hydrogen-bond donors (Lipinski definition) is 2. The molecule has 9 heteroatoms. The number of carbonyl (C=O) groups is 2. The van der Waals surface area contributed by atoms with Crippen LogP contribution in [0.2, 0.25) is 0 Å². The number of carbonyl (C=O) groups excluding carboxylic acids is 2. The van der Waals surface area contributed by atoms with Gasteiger partial charge in [0.05, 0.1) is 21.6 Å². The van der Waals surface area contributed by atoms with Gasteiger partial charge in [0.25, 0.3) is 0 Å². The van der Waals surface area contributed by atoms with Crippen LogP contribution in [0.15, 0.2) is 52.4 Å². The van der Waals surface area contributed by atoms with Crippen LogP contribution in [0.5, 0.6) is 0 Å². The molecule has 0 spiro atoms. The summed E-state index contributed by atoms with van der Waals surface area (Å²) < 4.78 is 25.1. The second-order valence-corrected chi connectivity index (χ2v) is 9.35. The Labute approximate surface area is 161 Å². The standard InChI is InChI=1S/C18H19N3O4S2/c1-2-14-18(23)20-13-11-12(6-7-15(13)26-14)27(24,25)10-8-17(22)21-16-5-3-4-9-19-16/h3-7,9,11,14H,2,8,10H2,1H3,(H,20,23)(H,19,21,22)/t14-/m1/s1. The molecule has 0 radical (unpaired) electrons. The largest absolute Gasteiger partial charge is 0.324 e. The van der Waals surface area contributed by atoms with Gasteiger partial charge in [-0.3, -0.25) is 9.59 Å². The Bertz CT molecular complexity index is 962. The molecule has 0 saturated heterocycles. The average Bonchev–Trinajstić information content (AvgIpc) is 2.66. The third-order valence-corrected chi connectivity index (χ3v) is 7.19. The third kappa shape index (κ3) is 4.67. The van der Waals surface area contributed by atoms with Crippen LogP contribution in [0.4, 0.5) is 11.5 Å². The van der Waals surface area contributed by atoms with Gasteiger partial charge in [-0.2, -0.15) is 0 Å². The second-order valence-electron chi connectivity index (χ2n) is 5.99. The van der Waals surface area contributed by atoms with E-state index in [1.165, 1.54) is 30.1 Å². The van der Waals surface area contributed by atoms with Crippen molar-refractivity contribution in [3.63, 3.8) is 0 Å². The van der Waals surface area contributed by atoms with E-state index in [1.54, 1.807) is 24.3 Å². The van der Waals surface area contributed by atoms with Crippen molar-refractivity contribution in [2.45, 2.75) is 34.8 Å². The molecule has 0 fully saturated rings. The summed E-state index contributed by atoms with van der Waals surface area (Å²) >= 11 is 1.43. The van der Waals surface area contributed by atoms with Crippen LogP contribution in [0.3, 0.4) is 0 Å². The maximum absolute atomic E-state index is 12.6. The Morgan fingerprint density at radius 2 is 2.11 bits per heavy atom. The number of rotatable bonds is 6. The van der Waals surface area contributed by atoms with Crippen molar-refractivity contribution in [1.29, 1.82) is 0 Å². The smallest absolute Gasteiger partial charge is 0.237 e. The van der Waals surface area contributed by atoms with E-state index in [0.717, 1.165) is 4.90 Å². The quantitative estimate of drug-likeness (QED) is 0.766. The fourth-order valence-corrected chi connectivity index (χ4v) is 4.86. The van der Waals surface area contributed by atoms with Crippen molar-refractivity contribution in [1.82, 2.24) is 4.98 Å². The van der Waals surface area contributed by atoms with Gasteiger partial charge in [-0.25, -0.2) is 13.4 Å². The summed E-state index contributed by atoms with van der Waals surface area (Å²) in [5, 5.41) is 5.15.